The van der Waals surface area contributed by atoms with Crippen molar-refractivity contribution in [2.45, 2.75) is 19.9 Å². The van der Waals surface area contributed by atoms with Gasteiger partial charge in [-0.25, -0.2) is 8.42 Å². The molecule has 148 valence electrons. The fraction of sp³-hybridized carbons (Fsp3) is 0.588. The Morgan fingerprint density at radius 1 is 1.23 bits per heavy atom. The van der Waals surface area contributed by atoms with Crippen molar-refractivity contribution in [2.24, 2.45) is 4.99 Å². The minimum atomic E-state index is -3.01. The van der Waals surface area contributed by atoms with Crippen molar-refractivity contribution in [3.8, 4) is 11.5 Å². The van der Waals surface area contributed by atoms with E-state index in [0.29, 0.717) is 12.3 Å². The molecule has 1 aliphatic rings. The summed E-state index contributed by atoms with van der Waals surface area (Å²) in [4.78, 5) is 6.61. The lowest BCUT2D eigenvalue weighted by atomic mass is 9.99. The maximum atomic E-state index is 11.3. The van der Waals surface area contributed by atoms with Crippen LogP contribution in [0.1, 0.15) is 18.1 Å². The molecular formula is C17H28IN3O4S. The Labute approximate surface area is 173 Å². The zero-order chi connectivity index (χ0) is 18.4. The number of nitrogens with zero attached hydrogens (tertiary/aromatic N) is 2. The Morgan fingerprint density at radius 2 is 1.85 bits per heavy atom. The Bertz CT molecular complexity index is 738. The van der Waals surface area contributed by atoms with Crippen molar-refractivity contribution < 1.29 is 17.9 Å². The van der Waals surface area contributed by atoms with Gasteiger partial charge in [0.15, 0.2) is 17.5 Å². The third-order valence-electron chi connectivity index (χ3n) is 4.08. The molecule has 1 heterocycles. The summed E-state index contributed by atoms with van der Waals surface area (Å²) >= 11 is 0. The number of sulfone groups is 1. The van der Waals surface area contributed by atoms with Crippen LogP contribution in [0.15, 0.2) is 17.1 Å². The minimum Gasteiger partial charge on any atom is -0.493 e. The summed E-state index contributed by atoms with van der Waals surface area (Å²) in [6.45, 7) is 4.49. The van der Waals surface area contributed by atoms with E-state index in [4.69, 9.17) is 9.47 Å². The quantitative estimate of drug-likeness (QED) is 0.366. The number of halogens is 1. The van der Waals surface area contributed by atoms with Gasteiger partial charge in [-0.05, 0) is 36.6 Å². The molecule has 0 spiro atoms. The maximum Gasteiger partial charge on any atom is 0.194 e. The first-order valence-electron chi connectivity index (χ1n) is 8.32. The summed E-state index contributed by atoms with van der Waals surface area (Å²) in [6.07, 6.45) is 2.10. The van der Waals surface area contributed by atoms with E-state index in [9.17, 15) is 8.42 Å². The SMILES string of the molecule is CCNC(=NCCS(C)(=O)=O)N1CCc2cc(OC)c(OC)cc2C1.I. The van der Waals surface area contributed by atoms with Crippen molar-refractivity contribution in [2.75, 3.05) is 45.9 Å². The standard InChI is InChI=1S/C17H27N3O4S.HI/c1-5-18-17(19-7-9-25(4,21)22)20-8-6-13-10-15(23-2)16(24-3)11-14(13)12-20;/h10-11H,5-9,12H2,1-4H3,(H,18,19);1H. The predicted molar refractivity (Wildman–Crippen MR) is 115 cm³/mol. The van der Waals surface area contributed by atoms with E-state index in [0.717, 1.165) is 36.8 Å². The van der Waals surface area contributed by atoms with Crippen LogP contribution in [-0.2, 0) is 22.8 Å². The van der Waals surface area contributed by atoms with Crippen LogP contribution in [0, 0.1) is 0 Å². The van der Waals surface area contributed by atoms with Crippen molar-refractivity contribution in [3.05, 3.63) is 23.3 Å². The summed E-state index contributed by atoms with van der Waals surface area (Å²) in [5.74, 6) is 2.24. The van der Waals surface area contributed by atoms with Crippen LogP contribution in [0.4, 0.5) is 0 Å². The Balaban J connectivity index is 0.00000338. The topological polar surface area (TPSA) is 80.2 Å². The highest BCUT2D eigenvalue weighted by Gasteiger charge is 2.21. The van der Waals surface area contributed by atoms with E-state index in [-0.39, 0.29) is 36.3 Å². The van der Waals surface area contributed by atoms with E-state index in [1.165, 1.54) is 11.8 Å². The summed E-state index contributed by atoms with van der Waals surface area (Å²) in [6, 6.07) is 4.03. The Kier molecular flexibility index (Phi) is 8.94. The van der Waals surface area contributed by atoms with E-state index in [2.05, 4.69) is 15.2 Å². The molecule has 1 aliphatic heterocycles. The normalized spacial score (nSPS) is 14.3. The molecule has 9 heteroatoms. The summed E-state index contributed by atoms with van der Waals surface area (Å²) in [7, 11) is 0.248. The smallest absolute Gasteiger partial charge is 0.194 e. The molecule has 0 fully saturated rings. The van der Waals surface area contributed by atoms with Gasteiger partial charge in [0, 0.05) is 25.9 Å². The van der Waals surface area contributed by atoms with Gasteiger partial charge in [0.05, 0.1) is 26.5 Å². The van der Waals surface area contributed by atoms with Crippen LogP contribution in [0.25, 0.3) is 0 Å². The molecule has 0 unspecified atom stereocenters. The molecule has 0 aromatic heterocycles. The van der Waals surface area contributed by atoms with Gasteiger partial charge in [0.2, 0.25) is 0 Å². The minimum absolute atomic E-state index is 0. The van der Waals surface area contributed by atoms with Gasteiger partial charge in [0.25, 0.3) is 0 Å². The molecule has 0 amide bonds. The molecule has 0 aliphatic carbocycles. The molecule has 0 bridgehead atoms. The first-order chi connectivity index (χ1) is 11.9. The highest BCUT2D eigenvalue weighted by molar-refractivity contribution is 14.0. The molecule has 2 rings (SSSR count). The van der Waals surface area contributed by atoms with E-state index >= 15 is 0 Å². The van der Waals surface area contributed by atoms with Crippen LogP contribution < -0.4 is 14.8 Å². The summed E-state index contributed by atoms with van der Waals surface area (Å²) in [5.41, 5.74) is 2.40. The van der Waals surface area contributed by atoms with Crippen molar-refractivity contribution in [1.82, 2.24) is 10.2 Å². The van der Waals surface area contributed by atoms with Crippen LogP contribution in [0.5, 0.6) is 11.5 Å². The van der Waals surface area contributed by atoms with Gasteiger partial charge in [-0.3, -0.25) is 4.99 Å². The third kappa shape index (κ3) is 6.19. The van der Waals surface area contributed by atoms with Crippen LogP contribution in [0.3, 0.4) is 0 Å². The van der Waals surface area contributed by atoms with Crippen LogP contribution in [-0.4, -0.2) is 65.1 Å². The molecule has 1 N–H and O–H groups in total. The maximum absolute atomic E-state index is 11.3. The highest BCUT2D eigenvalue weighted by Crippen LogP contribution is 2.33. The van der Waals surface area contributed by atoms with Gasteiger partial charge in [-0.15, -0.1) is 24.0 Å². The number of rotatable bonds is 6. The predicted octanol–water partition coefficient (Wildman–Crippen LogP) is 1.69. The van der Waals surface area contributed by atoms with Gasteiger partial charge in [-0.2, -0.15) is 0 Å². The van der Waals surface area contributed by atoms with E-state index in [1.807, 2.05) is 19.1 Å². The second-order valence-corrected chi connectivity index (χ2v) is 8.27. The van der Waals surface area contributed by atoms with Gasteiger partial charge in [-0.1, -0.05) is 0 Å². The molecule has 0 saturated carbocycles. The number of guanidine groups is 1. The second-order valence-electron chi connectivity index (χ2n) is 6.01. The first-order valence-corrected chi connectivity index (χ1v) is 10.4. The lowest BCUT2D eigenvalue weighted by molar-refractivity contribution is 0.346. The fourth-order valence-electron chi connectivity index (χ4n) is 2.81. The van der Waals surface area contributed by atoms with Crippen molar-refractivity contribution in [3.63, 3.8) is 0 Å². The monoisotopic (exact) mass is 497 g/mol. The number of ether oxygens (including phenoxy) is 2. The number of hydrogen-bond acceptors (Lipinski definition) is 5. The van der Waals surface area contributed by atoms with E-state index < -0.39 is 9.84 Å². The number of aliphatic imine (C=N–C) groups is 1. The molecule has 7 nitrogen and oxygen atoms in total. The van der Waals surface area contributed by atoms with Crippen LogP contribution in [0.2, 0.25) is 0 Å². The van der Waals surface area contributed by atoms with Gasteiger partial charge in [0.1, 0.15) is 9.84 Å². The molecule has 1 aromatic rings. The molecule has 0 atom stereocenters. The highest BCUT2D eigenvalue weighted by atomic mass is 127. The third-order valence-corrected chi connectivity index (χ3v) is 5.00. The zero-order valence-electron chi connectivity index (χ0n) is 15.7. The lowest BCUT2D eigenvalue weighted by Crippen LogP contribution is -2.44. The van der Waals surface area contributed by atoms with E-state index in [1.54, 1.807) is 14.2 Å². The second kappa shape index (κ2) is 10.2. The van der Waals surface area contributed by atoms with Crippen molar-refractivity contribution >= 4 is 39.8 Å². The molecule has 0 radical (unpaired) electrons. The fourth-order valence-corrected chi connectivity index (χ4v) is 3.23. The number of benzene rings is 1. The Hall–Kier alpha value is -1.23. The average molecular weight is 497 g/mol. The Morgan fingerprint density at radius 3 is 2.38 bits per heavy atom. The zero-order valence-corrected chi connectivity index (χ0v) is 18.9. The number of fused-ring (bicyclic) bond motifs is 1. The molecule has 0 saturated heterocycles. The molecular weight excluding hydrogens is 469 g/mol. The van der Waals surface area contributed by atoms with Crippen LogP contribution >= 0.6 is 24.0 Å². The first kappa shape index (κ1) is 22.8. The van der Waals surface area contributed by atoms with Gasteiger partial charge < -0.3 is 19.7 Å². The average Bonchev–Trinajstić information content (AvgIpc) is 2.58. The summed E-state index contributed by atoms with van der Waals surface area (Å²) in [5, 5.41) is 3.25. The number of methoxy groups -OCH3 is 2. The summed E-state index contributed by atoms with van der Waals surface area (Å²) < 4.78 is 33.4. The largest absolute Gasteiger partial charge is 0.493 e. The lowest BCUT2D eigenvalue weighted by Gasteiger charge is -2.32. The molecule has 26 heavy (non-hydrogen) atoms. The molecule has 1 aromatic carbocycles. The number of hydrogen-bond donors (Lipinski definition) is 1. The van der Waals surface area contributed by atoms with Crippen molar-refractivity contribution in [1.29, 1.82) is 0 Å². The van der Waals surface area contributed by atoms with Gasteiger partial charge >= 0.3 is 0 Å². The number of nitrogens with one attached hydrogen (secondary N) is 1.